The number of methoxy groups -OCH3 is 2. The maximum atomic E-state index is 12.2. The normalized spacial score (nSPS) is 15.8. The first-order chi connectivity index (χ1) is 15.3. The smallest absolute Gasteiger partial charge is 0.167 e. The van der Waals surface area contributed by atoms with Gasteiger partial charge in [0.2, 0.25) is 0 Å². The highest BCUT2D eigenvalue weighted by molar-refractivity contribution is 6.00. The highest BCUT2D eigenvalue weighted by atomic mass is 16.5. The lowest BCUT2D eigenvalue weighted by Crippen LogP contribution is -2.18. The van der Waals surface area contributed by atoms with Crippen molar-refractivity contribution < 1.29 is 14.3 Å². The molecular weight excluding hydrogens is 398 g/mol. The molecule has 4 nitrogen and oxygen atoms in total. The lowest BCUT2D eigenvalue weighted by atomic mass is 9.97. The minimum atomic E-state index is -0.101. The van der Waals surface area contributed by atoms with E-state index in [2.05, 4.69) is 55.7 Å². The average Bonchev–Trinajstić information content (AvgIpc) is 2.79. The topological polar surface area (TPSA) is 38.8 Å². The third-order valence-electron chi connectivity index (χ3n) is 5.52. The molecule has 0 N–H and O–H groups in total. The maximum Gasteiger partial charge on any atom is 0.167 e. The SMILES string of the molecule is C=C1C=C(C(/C=C/C)=C/C)C=CN1/C(=C\C(C)CC)c1cc(OC)c(C(C)=O)c(OC)c1. The number of ketones is 1. The van der Waals surface area contributed by atoms with E-state index in [9.17, 15) is 4.79 Å². The molecule has 0 aromatic heterocycles. The first kappa shape index (κ1) is 25.0. The van der Waals surface area contributed by atoms with E-state index in [1.54, 1.807) is 14.2 Å². The maximum absolute atomic E-state index is 12.2. The van der Waals surface area contributed by atoms with Gasteiger partial charge in [-0.3, -0.25) is 4.79 Å². The number of ether oxygens (including phenoxy) is 2. The molecule has 0 saturated carbocycles. The summed E-state index contributed by atoms with van der Waals surface area (Å²) >= 11 is 0. The third kappa shape index (κ3) is 5.50. The van der Waals surface area contributed by atoms with E-state index in [0.29, 0.717) is 23.0 Å². The zero-order valence-corrected chi connectivity index (χ0v) is 20.4. The number of carbonyl (C=O) groups excluding carboxylic acids is 1. The summed E-state index contributed by atoms with van der Waals surface area (Å²) < 4.78 is 11.1. The van der Waals surface area contributed by atoms with Crippen LogP contribution in [0.2, 0.25) is 0 Å². The molecule has 1 aromatic rings. The van der Waals surface area contributed by atoms with Crippen LogP contribution in [0.5, 0.6) is 11.5 Å². The second kappa shape index (κ2) is 11.4. The van der Waals surface area contributed by atoms with Crippen molar-refractivity contribution in [2.45, 2.75) is 41.0 Å². The van der Waals surface area contributed by atoms with Crippen LogP contribution in [0.15, 0.2) is 78.2 Å². The molecule has 170 valence electrons. The predicted molar refractivity (Wildman–Crippen MR) is 134 cm³/mol. The Bertz CT molecular complexity index is 996. The van der Waals surface area contributed by atoms with Gasteiger partial charge in [0.05, 0.1) is 14.2 Å². The fourth-order valence-corrected chi connectivity index (χ4v) is 3.61. The Morgan fingerprint density at radius 1 is 1.19 bits per heavy atom. The van der Waals surface area contributed by atoms with E-state index in [-0.39, 0.29) is 5.78 Å². The summed E-state index contributed by atoms with van der Waals surface area (Å²) in [4.78, 5) is 14.3. The fraction of sp³-hybridized carbons (Fsp3) is 0.321. The Hall–Kier alpha value is -3.27. The van der Waals surface area contributed by atoms with Crippen LogP contribution in [0.4, 0.5) is 0 Å². The molecule has 1 atom stereocenters. The van der Waals surface area contributed by atoms with Gasteiger partial charge in [-0.2, -0.15) is 0 Å². The molecule has 2 rings (SSSR count). The van der Waals surface area contributed by atoms with Crippen LogP contribution in [0.3, 0.4) is 0 Å². The first-order valence-corrected chi connectivity index (χ1v) is 11.0. The van der Waals surface area contributed by atoms with Crippen molar-refractivity contribution in [2.24, 2.45) is 5.92 Å². The van der Waals surface area contributed by atoms with E-state index in [0.717, 1.165) is 34.5 Å². The summed E-state index contributed by atoms with van der Waals surface area (Å²) in [6.45, 7) is 14.2. The summed E-state index contributed by atoms with van der Waals surface area (Å²) in [5, 5.41) is 0. The van der Waals surface area contributed by atoms with Crippen LogP contribution < -0.4 is 9.47 Å². The number of Topliss-reactive ketones (excluding diaryl/α,β-unsaturated/α-hetero) is 1. The monoisotopic (exact) mass is 433 g/mol. The van der Waals surface area contributed by atoms with Crippen LogP contribution in [-0.2, 0) is 0 Å². The fourth-order valence-electron chi connectivity index (χ4n) is 3.61. The number of nitrogens with zero attached hydrogens (tertiary/aromatic N) is 1. The zero-order valence-electron chi connectivity index (χ0n) is 20.4. The summed E-state index contributed by atoms with van der Waals surface area (Å²) in [5.41, 5.74) is 5.42. The number of allylic oxidation sites excluding steroid dienone is 8. The van der Waals surface area contributed by atoms with Crippen molar-refractivity contribution >= 4 is 11.5 Å². The van der Waals surface area contributed by atoms with Crippen molar-refractivity contribution in [1.82, 2.24) is 4.90 Å². The number of hydrogen-bond donors (Lipinski definition) is 0. The van der Waals surface area contributed by atoms with Crippen LogP contribution in [-0.4, -0.2) is 24.9 Å². The van der Waals surface area contributed by atoms with E-state index in [4.69, 9.17) is 9.47 Å². The Labute approximate surface area is 192 Å². The molecule has 4 heteroatoms. The quantitative estimate of drug-likeness (QED) is 0.308. The van der Waals surface area contributed by atoms with Gasteiger partial charge in [0.15, 0.2) is 5.78 Å². The van der Waals surface area contributed by atoms with Crippen LogP contribution in [0, 0.1) is 5.92 Å². The standard InChI is InChI=1S/C28H35NO3/c1-9-12-22(11-3)23-13-14-29(20(5)16-23)25(15-19(4)10-2)24-17-26(31-7)28(21(6)30)27(18-24)32-8/h9,11-19H,5,10H2,1-4,6-8H3/b12-9+,22-11+,25-15-. The highest BCUT2D eigenvalue weighted by Gasteiger charge is 2.22. The number of benzene rings is 1. The van der Waals surface area contributed by atoms with E-state index in [1.807, 2.05) is 38.3 Å². The van der Waals surface area contributed by atoms with Gasteiger partial charge in [-0.1, -0.05) is 51.2 Å². The van der Waals surface area contributed by atoms with Gasteiger partial charge in [0, 0.05) is 23.2 Å². The molecule has 0 saturated heterocycles. The summed E-state index contributed by atoms with van der Waals surface area (Å²) in [6, 6.07) is 3.79. The molecule has 1 heterocycles. The summed E-state index contributed by atoms with van der Waals surface area (Å²) in [5.74, 6) is 1.23. The molecule has 0 amide bonds. The van der Waals surface area contributed by atoms with Crippen molar-refractivity contribution in [1.29, 1.82) is 0 Å². The Morgan fingerprint density at radius 3 is 2.25 bits per heavy atom. The van der Waals surface area contributed by atoms with Gasteiger partial charge in [0.1, 0.15) is 17.1 Å². The number of hydrogen-bond acceptors (Lipinski definition) is 4. The first-order valence-electron chi connectivity index (χ1n) is 11.0. The molecule has 0 fully saturated rings. The van der Waals surface area contributed by atoms with Crippen molar-refractivity contribution in [3.05, 3.63) is 89.3 Å². The van der Waals surface area contributed by atoms with Gasteiger partial charge in [-0.15, -0.1) is 0 Å². The van der Waals surface area contributed by atoms with Gasteiger partial charge in [-0.25, -0.2) is 0 Å². The van der Waals surface area contributed by atoms with Crippen LogP contribution >= 0.6 is 0 Å². The summed E-state index contributed by atoms with van der Waals surface area (Å²) in [7, 11) is 3.13. The lowest BCUT2D eigenvalue weighted by molar-refractivity contribution is 0.101. The Kier molecular flexibility index (Phi) is 8.89. The highest BCUT2D eigenvalue weighted by Crippen LogP contribution is 2.37. The van der Waals surface area contributed by atoms with E-state index >= 15 is 0 Å². The molecule has 0 aliphatic carbocycles. The molecular formula is C28H35NO3. The number of rotatable bonds is 9. The largest absolute Gasteiger partial charge is 0.496 e. The lowest BCUT2D eigenvalue weighted by Gasteiger charge is -2.29. The molecule has 0 radical (unpaired) electrons. The molecule has 1 aliphatic rings. The van der Waals surface area contributed by atoms with E-state index < -0.39 is 0 Å². The predicted octanol–water partition coefficient (Wildman–Crippen LogP) is 7.09. The minimum Gasteiger partial charge on any atom is -0.496 e. The zero-order chi connectivity index (χ0) is 23.8. The van der Waals surface area contributed by atoms with Gasteiger partial charge >= 0.3 is 0 Å². The second-order valence-electron chi connectivity index (χ2n) is 7.77. The molecule has 1 aliphatic heterocycles. The molecule has 0 bridgehead atoms. The van der Waals surface area contributed by atoms with Gasteiger partial charge < -0.3 is 14.4 Å². The van der Waals surface area contributed by atoms with Crippen molar-refractivity contribution in [3.8, 4) is 11.5 Å². The second-order valence-corrected chi connectivity index (χ2v) is 7.77. The van der Waals surface area contributed by atoms with Gasteiger partial charge in [0.25, 0.3) is 0 Å². The summed E-state index contributed by atoms with van der Waals surface area (Å²) in [6.07, 6.45) is 15.6. The molecule has 32 heavy (non-hydrogen) atoms. The van der Waals surface area contributed by atoms with Crippen molar-refractivity contribution in [2.75, 3.05) is 14.2 Å². The third-order valence-corrected chi connectivity index (χ3v) is 5.52. The molecule has 1 unspecified atom stereocenters. The van der Waals surface area contributed by atoms with Crippen LogP contribution in [0.1, 0.15) is 57.0 Å². The molecule has 1 aromatic carbocycles. The van der Waals surface area contributed by atoms with Gasteiger partial charge in [-0.05, 0) is 62.1 Å². The van der Waals surface area contributed by atoms with E-state index in [1.165, 1.54) is 6.92 Å². The average molecular weight is 434 g/mol. The Balaban J connectivity index is 2.63. The minimum absolute atomic E-state index is 0.101. The Morgan fingerprint density at radius 2 is 1.81 bits per heavy atom. The van der Waals surface area contributed by atoms with Crippen molar-refractivity contribution in [3.63, 3.8) is 0 Å². The number of carbonyl (C=O) groups is 1. The molecule has 0 spiro atoms. The van der Waals surface area contributed by atoms with Crippen LogP contribution in [0.25, 0.3) is 5.70 Å².